The molecule has 0 atom stereocenters. The lowest BCUT2D eigenvalue weighted by atomic mass is 9.85. The van der Waals surface area contributed by atoms with Crippen molar-refractivity contribution in [3.63, 3.8) is 0 Å². The van der Waals surface area contributed by atoms with Gasteiger partial charge in [-0.3, -0.25) is 14.4 Å². The molecule has 1 saturated carbocycles. The summed E-state index contributed by atoms with van der Waals surface area (Å²) in [5.74, 6) is -0.175. The first kappa shape index (κ1) is 24.6. The van der Waals surface area contributed by atoms with Crippen molar-refractivity contribution >= 4 is 35.0 Å². The van der Waals surface area contributed by atoms with Gasteiger partial charge in [0, 0.05) is 37.3 Å². The van der Waals surface area contributed by atoms with Crippen LogP contribution in [0.4, 0.5) is 5.69 Å². The minimum atomic E-state index is -0.740. The molecule has 32 heavy (non-hydrogen) atoms. The number of benzene rings is 1. The predicted molar refractivity (Wildman–Crippen MR) is 128 cm³/mol. The van der Waals surface area contributed by atoms with Crippen molar-refractivity contribution in [1.29, 1.82) is 0 Å². The largest absolute Gasteiger partial charge is 0.354 e. The number of nitrogens with zero attached hydrogens (tertiary/aromatic N) is 2. The summed E-state index contributed by atoms with van der Waals surface area (Å²) in [4.78, 5) is 42.2. The number of carbonyl (C=O) groups is 3. The zero-order valence-electron chi connectivity index (χ0n) is 20.0. The molecule has 1 aliphatic carbocycles. The number of fused-ring (bicyclic) bond motifs is 1. The van der Waals surface area contributed by atoms with E-state index in [1.807, 2.05) is 32.6 Å². The summed E-state index contributed by atoms with van der Waals surface area (Å²) in [5, 5.41) is 3.22. The smallest absolute Gasteiger partial charge is 0.255 e. The van der Waals surface area contributed by atoms with E-state index in [-0.39, 0.29) is 29.8 Å². The van der Waals surface area contributed by atoms with Gasteiger partial charge in [0.05, 0.1) is 16.0 Å². The minimum absolute atomic E-state index is 0.0492. The van der Waals surface area contributed by atoms with Crippen LogP contribution in [0, 0.1) is 0 Å². The highest BCUT2D eigenvalue weighted by Crippen LogP contribution is 2.44. The average Bonchev–Trinajstić information content (AvgIpc) is 2.93. The lowest BCUT2D eigenvalue weighted by molar-refractivity contribution is -0.123. The highest BCUT2D eigenvalue weighted by atomic mass is 35.5. The van der Waals surface area contributed by atoms with Gasteiger partial charge in [0.1, 0.15) is 0 Å². The molecule has 1 N–H and O–H groups in total. The first-order valence-electron chi connectivity index (χ1n) is 11.8. The van der Waals surface area contributed by atoms with Crippen LogP contribution in [-0.2, 0) is 15.0 Å². The summed E-state index contributed by atoms with van der Waals surface area (Å²) in [6.45, 7) is 10.3. The number of amides is 3. The Morgan fingerprint density at radius 1 is 1.22 bits per heavy atom. The Hall–Kier alpha value is -2.08. The van der Waals surface area contributed by atoms with Crippen LogP contribution in [-0.4, -0.2) is 47.8 Å². The van der Waals surface area contributed by atoms with Gasteiger partial charge < -0.3 is 15.1 Å². The van der Waals surface area contributed by atoms with E-state index in [0.29, 0.717) is 35.8 Å². The van der Waals surface area contributed by atoms with Crippen molar-refractivity contribution in [3.05, 3.63) is 28.3 Å². The maximum Gasteiger partial charge on any atom is 0.255 e. The van der Waals surface area contributed by atoms with Crippen LogP contribution in [0.5, 0.6) is 0 Å². The summed E-state index contributed by atoms with van der Waals surface area (Å²) in [7, 11) is 0. The van der Waals surface area contributed by atoms with Crippen LogP contribution < -0.4 is 10.2 Å². The van der Waals surface area contributed by atoms with Gasteiger partial charge in [-0.25, -0.2) is 0 Å². The molecule has 176 valence electrons. The quantitative estimate of drug-likeness (QED) is 0.641. The second-order valence-corrected chi connectivity index (χ2v) is 10.1. The number of carbonyl (C=O) groups excluding carboxylic acids is 3. The molecule has 3 amide bonds. The topological polar surface area (TPSA) is 69.7 Å². The number of anilines is 1. The molecular formula is C25H36ClN3O3. The maximum atomic E-state index is 13.7. The fourth-order valence-electron chi connectivity index (χ4n) is 4.99. The standard InChI is InChI=1S/C25H36ClN3O3/c1-6-22(30)27-12-13-28-21-14-18(20(26)15-19(21)25(4,5)24(28)32)23(31)29(16(2)3)17-10-8-7-9-11-17/h14-17H,6-13H2,1-5H3,(H,27,30). The fraction of sp³-hybridized carbons (Fsp3) is 0.640. The molecule has 6 nitrogen and oxygen atoms in total. The Balaban J connectivity index is 1.95. The molecular weight excluding hydrogens is 426 g/mol. The number of rotatable bonds is 7. The Kier molecular flexibility index (Phi) is 7.53. The number of hydrogen-bond acceptors (Lipinski definition) is 3. The van der Waals surface area contributed by atoms with Crippen molar-refractivity contribution < 1.29 is 14.4 Å². The molecule has 1 aromatic rings. The molecule has 7 heteroatoms. The van der Waals surface area contributed by atoms with Crippen molar-refractivity contribution in [2.45, 2.75) is 90.6 Å². The molecule has 0 spiro atoms. The monoisotopic (exact) mass is 461 g/mol. The Bertz CT molecular complexity index is 891. The third kappa shape index (κ3) is 4.66. The second kappa shape index (κ2) is 9.82. The number of hydrogen-bond donors (Lipinski definition) is 1. The van der Waals surface area contributed by atoms with Crippen molar-refractivity contribution in [2.75, 3.05) is 18.0 Å². The summed E-state index contributed by atoms with van der Waals surface area (Å²) < 4.78 is 0. The Morgan fingerprint density at radius 3 is 2.47 bits per heavy atom. The van der Waals surface area contributed by atoms with E-state index in [1.54, 1.807) is 24.0 Å². The highest BCUT2D eigenvalue weighted by molar-refractivity contribution is 6.34. The molecule has 0 saturated heterocycles. The van der Waals surface area contributed by atoms with Gasteiger partial charge in [-0.2, -0.15) is 0 Å². The van der Waals surface area contributed by atoms with Crippen LogP contribution in [0.1, 0.15) is 89.1 Å². The predicted octanol–water partition coefficient (Wildman–Crippen LogP) is 4.67. The summed E-state index contributed by atoms with van der Waals surface area (Å²) in [6, 6.07) is 3.85. The molecule has 0 aromatic heterocycles. The van der Waals surface area contributed by atoms with Crippen LogP contribution in [0.25, 0.3) is 0 Å². The molecule has 1 aliphatic heterocycles. The van der Waals surface area contributed by atoms with Gasteiger partial charge in [-0.05, 0) is 58.2 Å². The molecule has 0 unspecified atom stereocenters. The van der Waals surface area contributed by atoms with Gasteiger partial charge >= 0.3 is 0 Å². The lowest BCUT2D eigenvalue weighted by Crippen LogP contribution is -2.46. The van der Waals surface area contributed by atoms with E-state index in [9.17, 15) is 14.4 Å². The van der Waals surface area contributed by atoms with Gasteiger partial charge in [-0.15, -0.1) is 0 Å². The lowest BCUT2D eigenvalue weighted by Gasteiger charge is -2.37. The van der Waals surface area contributed by atoms with Crippen LogP contribution in [0.15, 0.2) is 12.1 Å². The fourth-order valence-corrected chi connectivity index (χ4v) is 5.23. The van der Waals surface area contributed by atoms with E-state index in [4.69, 9.17) is 11.6 Å². The molecule has 2 aliphatic rings. The van der Waals surface area contributed by atoms with Crippen molar-refractivity contribution in [2.24, 2.45) is 0 Å². The van der Waals surface area contributed by atoms with Crippen molar-refractivity contribution in [1.82, 2.24) is 10.2 Å². The normalized spacial score (nSPS) is 18.1. The molecule has 1 aromatic carbocycles. The molecule has 0 radical (unpaired) electrons. The van der Waals surface area contributed by atoms with Crippen molar-refractivity contribution in [3.8, 4) is 0 Å². The van der Waals surface area contributed by atoms with Gasteiger partial charge in [0.2, 0.25) is 11.8 Å². The van der Waals surface area contributed by atoms with Crippen LogP contribution in [0.2, 0.25) is 5.02 Å². The average molecular weight is 462 g/mol. The zero-order valence-corrected chi connectivity index (χ0v) is 20.7. The van der Waals surface area contributed by atoms with Gasteiger partial charge in [-0.1, -0.05) is 37.8 Å². The second-order valence-electron chi connectivity index (χ2n) is 9.73. The number of halogens is 1. The minimum Gasteiger partial charge on any atom is -0.354 e. The summed E-state index contributed by atoms with van der Waals surface area (Å²) in [5.41, 5.74) is 1.24. The molecule has 3 rings (SSSR count). The Morgan fingerprint density at radius 2 is 1.88 bits per heavy atom. The first-order chi connectivity index (χ1) is 15.1. The summed E-state index contributed by atoms with van der Waals surface area (Å²) >= 11 is 6.64. The number of nitrogens with one attached hydrogen (secondary N) is 1. The van der Waals surface area contributed by atoms with Gasteiger partial charge in [0.25, 0.3) is 5.91 Å². The first-order valence-corrected chi connectivity index (χ1v) is 12.2. The zero-order chi connectivity index (χ0) is 23.6. The third-order valence-corrected chi connectivity index (χ3v) is 7.11. The van der Waals surface area contributed by atoms with E-state index >= 15 is 0 Å². The van der Waals surface area contributed by atoms with Gasteiger partial charge in [0.15, 0.2) is 0 Å². The maximum absolute atomic E-state index is 13.7. The van der Waals surface area contributed by atoms with Crippen LogP contribution >= 0.6 is 11.6 Å². The third-order valence-electron chi connectivity index (χ3n) is 6.80. The molecule has 1 fully saturated rings. The summed E-state index contributed by atoms with van der Waals surface area (Å²) in [6.07, 6.45) is 5.92. The van der Waals surface area contributed by atoms with E-state index in [0.717, 1.165) is 31.2 Å². The van der Waals surface area contributed by atoms with E-state index in [2.05, 4.69) is 5.32 Å². The van der Waals surface area contributed by atoms with Crippen LogP contribution in [0.3, 0.4) is 0 Å². The van der Waals surface area contributed by atoms with E-state index in [1.165, 1.54) is 6.42 Å². The SMILES string of the molecule is CCC(=O)NCCN1C(=O)C(C)(C)c2cc(Cl)c(C(=O)N(C(C)C)C3CCCCC3)cc21. The molecule has 1 heterocycles. The highest BCUT2D eigenvalue weighted by Gasteiger charge is 2.45. The Labute approximate surface area is 196 Å². The van der Waals surface area contributed by atoms with E-state index < -0.39 is 5.41 Å². The molecule has 0 bridgehead atoms.